The van der Waals surface area contributed by atoms with Gasteiger partial charge in [-0.25, -0.2) is 12.8 Å². The van der Waals surface area contributed by atoms with Gasteiger partial charge in [-0.3, -0.25) is 0 Å². The van der Waals surface area contributed by atoms with Gasteiger partial charge in [0.25, 0.3) is 0 Å². The monoisotopic (exact) mass is 431 g/mol. The van der Waals surface area contributed by atoms with Gasteiger partial charge in [0.1, 0.15) is 5.82 Å². The van der Waals surface area contributed by atoms with Crippen molar-refractivity contribution < 1.29 is 17.9 Å². The largest absolute Gasteiger partial charge is 0.392 e. The summed E-state index contributed by atoms with van der Waals surface area (Å²) in [5.74, 6) is 5.71. The minimum Gasteiger partial charge on any atom is -0.392 e. The predicted octanol–water partition coefficient (Wildman–Crippen LogP) is 4.07. The molecule has 162 valence electrons. The van der Waals surface area contributed by atoms with Gasteiger partial charge in [-0.15, -0.1) is 0 Å². The van der Waals surface area contributed by atoms with Gasteiger partial charge in [-0.2, -0.15) is 4.72 Å². The van der Waals surface area contributed by atoms with Crippen molar-refractivity contribution in [2.75, 3.05) is 6.54 Å². The lowest BCUT2D eigenvalue weighted by atomic mass is 9.89. The second-order valence-corrected chi connectivity index (χ2v) is 9.69. The average Bonchev–Trinajstić information content (AvgIpc) is 2.69. The molecule has 2 aromatic rings. The van der Waals surface area contributed by atoms with Gasteiger partial charge in [0.15, 0.2) is 0 Å². The molecule has 0 aliphatic rings. The van der Waals surface area contributed by atoms with Crippen LogP contribution in [-0.2, 0) is 16.4 Å². The van der Waals surface area contributed by atoms with Crippen LogP contribution in [0.1, 0.15) is 37.8 Å². The van der Waals surface area contributed by atoms with E-state index in [4.69, 9.17) is 0 Å². The van der Waals surface area contributed by atoms with E-state index in [-0.39, 0.29) is 23.2 Å². The van der Waals surface area contributed by atoms with Crippen molar-refractivity contribution in [3.8, 4) is 11.8 Å². The molecular formula is C24H30FNO3S. The van der Waals surface area contributed by atoms with Crippen LogP contribution < -0.4 is 4.72 Å². The van der Waals surface area contributed by atoms with Crippen molar-refractivity contribution >= 4 is 10.0 Å². The van der Waals surface area contributed by atoms with Crippen LogP contribution in [0.3, 0.4) is 0 Å². The van der Waals surface area contributed by atoms with Gasteiger partial charge in [-0.1, -0.05) is 55.5 Å². The van der Waals surface area contributed by atoms with E-state index >= 15 is 0 Å². The van der Waals surface area contributed by atoms with E-state index in [9.17, 15) is 17.9 Å². The van der Waals surface area contributed by atoms with Crippen LogP contribution in [0.4, 0.5) is 4.39 Å². The van der Waals surface area contributed by atoms with E-state index in [2.05, 4.69) is 30.4 Å². The third kappa shape index (κ3) is 7.91. The summed E-state index contributed by atoms with van der Waals surface area (Å²) in [5, 5.41) is 10.6. The lowest BCUT2D eigenvalue weighted by Crippen LogP contribution is -2.25. The Bertz CT molecular complexity index is 958. The zero-order chi connectivity index (χ0) is 22.1. The van der Waals surface area contributed by atoms with Crippen molar-refractivity contribution in [1.29, 1.82) is 0 Å². The summed E-state index contributed by atoms with van der Waals surface area (Å²) in [6.45, 7) is 5.99. The Hall–Kier alpha value is -2.20. The minimum absolute atomic E-state index is 0.0184. The number of aryl methyl sites for hydroxylation is 2. The van der Waals surface area contributed by atoms with Crippen molar-refractivity contribution in [2.45, 2.75) is 51.0 Å². The molecule has 4 nitrogen and oxygen atoms in total. The first kappa shape index (κ1) is 24.1. The van der Waals surface area contributed by atoms with Crippen LogP contribution in [0.2, 0.25) is 0 Å². The van der Waals surface area contributed by atoms with Gasteiger partial charge in [0.2, 0.25) is 10.0 Å². The standard InChI is InChI=1S/C24H30FNO3S/c1-18(2)17-21(24(27)15-10-20-8-11-22(25)12-9-20)5-4-16-26-30(28,29)23-13-6-19(3)7-14-23/h6-9,11-14,18,21,24,26-27H,10,15-17H2,1-3H3/t21-,24-/m1/s1. The highest BCUT2D eigenvalue weighted by molar-refractivity contribution is 7.89. The molecule has 0 aliphatic heterocycles. The van der Waals surface area contributed by atoms with Gasteiger partial charge < -0.3 is 5.11 Å². The van der Waals surface area contributed by atoms with Crippen LogP contribution in [0.5, 0.6) is 0 Å². The number of hydrogen-bond acceptors (Lipinski definition) is 3. The molecule has 0 bridgehead atoms. The number of hydrogen-bond donors (Lipinski definition) is 2. The lowest BCUT2D eigenvalue weighted by Gasteiger charge is -2.20. The molecule has 0 aromatic heterocycles. The molecule has 0 fully saturated rings. The van der Waals surface area contributed by atoms with E-state index in [1.54, 1.807) is 36.4 Å². The van der Waals surface area contributed by atoms with Gasteiger partial charge in [-0.05, 0) is 61.9 Å². The molecular weight excluding hydrogens is 401 g/mol. The van der Waals surface area contributed by atoms with Gasteiger partial charge in [0, 0.05) is 5.92 Å². The normalized spacial score (nSPS) is 13.5. The third-order valence-electron chi connectivity index (χ3n) is 4.80. The maximum Gasteiger partial charge on any atom is 0.241 e. The number of rotatable bonds is 9. The molecule has 0 saturated heterocycles. The maximum absolute atomic E-state index is 13.0. The highest BCUT2D eigenvalue weighted by atomic mass is 32.2. The molecule has 2 N–H and O–H groups in total. The second-order valence-electron chi connectivity index (χ2n) is 7.93. The first-order valence-electron chi connectivity index (χ1n) is 10.1. The molecule has 6 heteroatoms. The van der Waals surface area contributed by atoms with Crippen LogP contribution in [0.15, 0.2) is 53.4 Å². The Balaban J connectivity index is 1.96. The van der Waals surface area contributed by atoms with E-state index in [1.165, 1.54) is 12.1 Å². The highest BCUT2D eigenvalue weighted by Crippen LogP contribution is 2.19. The molecule has 2 aromatic carbocycles. The summed E-state index contributed by atoms with van der Waals surface area (Å²) in [4.78, 5) is 0.202. The van der Waals surface area contributed by atoms with Crippen molar-refractivity contribution in [2.24, 2.45) is 11.8 Å². The minimum atomic E-state index is -3.61. The van der Waals surface area contributed by atoms with Crippen LogP contribution >= 0.6 is 0 Å². The van der Waals surface area contributed by atoms with E-state index < -0.39 is 16.1 Å². The smallest absolute Gasteiger partial charge is 0.241 e. The van der Waals surface area contributed by atoms with Crippen molar-refractivity contribution in [3.05, 3.63) is 65.5 Å². The van der Waals surface area contributed by atoms with Crippen molar-refractivity contribution in [3.63, 3.8) is 0 Å². The fourth-order valence-corrected chi connectivity index (χ4v) is 4.02. The number of benzene rings is 2. The molecule has 0 spiro atoms. The number of nitrogens with one attached hydrogen (secondary N) is 1. The van der Waals surface area contributed by atoms with Crippen LogP contribution in [0, 0.1) is 36.4 Å². The average molecular weight is 432 g/mol. The van der Waals surface area contributed by atoms with Gasteiger partial charge >= 0.3 is 0 Å². The lowest BCUT2D eigenvalue weighted by molar-refractivity contribution is 0.114. The molecule has 30 heavy (non-hydrogen) atoms. The molecule has 0 heterocycles. The zero-order valence-electron chi connectivity index (χ0n) is 17.7. The fraction of sp³-hybridized carbons (Fsp3) is 0.417. The van der Waals surface area contributed by atoms with Crippen LogP contribution in [-0.4, -0.2) is 26.2 Å². The molecule has 0 unspecified atom stereocenters. The fourth-order valence-electron chi connectivity index (χ4n) is 3.10. The zero-order valence-corrected chi connectivity index (χ0v) is 18.5. The summed E-state index contributed by atoms with van der Waals surface area (Å²) in [6.07, 6.45) is 1.20. The Kier molecular flexibility index (Phi) is 9.04. The van der Waals surface area contributed by atoms with E-state index in [0.717, 1.165) is 11.1 Å². The number of aliphatic hydroxyl groups excluding tert-OH is 1. The van der Waals surface area contributed by atoms with E-state index in [1.807, 2.05) is 6.92 Å². The Morgan fingerprint density at radius 2 is 1.70 bits per heavy atom. The Labute approximate surface area is 179 Å². The summed E-state index contributed by atoms with van der Waals surface area (Å²) in [6, 6.07) is 12.9. The van der Waals surface area contributed by atoms with Crippen molar-refractivity contribution in [1.82, 2.24) is 4.72 Å². The quantitative estimate of drug-likeness (QED) is 0.588. The van der Waals surface area contributed by atoms with Gasteiger partial charge in [0.05, 0.1) is 17.5 Å². The summed E-state index contributed by atoms with van der Waals surface area (Å²) >= 11 is 0. The summed E-state index contributed by atoms with van der Waals surface area (Å²) in [5.41, 5.74) is 1.94. The molecule has 2 rings (SSSR count). The molecule has 0 saturated carbocycles. The topological polar surface area (TPSA) is 66.4 Å². The molecule has 0 amide bonds. The highest BCUT2D eigenvalue weighted by Gasteiger charge is 2.18. The first-order valence-corrected chi connectivity index (χ1v) is 11.6. The third-order valence-corrected chi connectivity index (χ3v) is 6.22. The Morgan fingerprint density at radius 1 is 1.07 bits per heavy atom. The summed E-state index contributed by atoms with van der Waals surface area (Å²) in [7, 11) is -3.61. The van der Waals surface area contributed by atoms with Crippen LogP contribution in [0.25, 0.3) is 0 Å². The molecule has 0 aliphatic carbocycles. The number of halogens is 1. The summed E-state index contributed by atoms with van der Waals surface area (Å²) < 4.78 is 40.2. The molecule has 0 radical (unpaired) electrons. The molecule has 2 atom stereocenters. The number of aliphatic hydroxyl groups is 1. The number of sulfonamides is 1. The second kappa shape index (κ2) is 11.3. The predicted molar refractivity (Wildman–Crippen MR) is 118 cm³/mol. The Morgan fingerprint density at radius 3 is 2.30 bits per heavy atom. The SMILES string of the molecule is Cc1ccc(S(=O)(=O)NCC#C[C@H](CC(C)C)[C@H](O)CCc2ccc(F)cc2)cc1. The van der Waals surface area contributed by atoms with E-state index in [0.29, 0.717) is 25.2 Å². The first-order chi connectivity index (χ1) is 14.2. The maximum atomic E-state index is 13.0.